The number of hydrogen-bond acceptors (Lipinski definition) is 5. The number of thioether (sulfide) groups is 1. The maximum absolute atomic E-state index is 13.8. The molecule has 122 valence electrons. The van der Waals surface area contributed by atoms with Crippen LogP contribution < -0.4 is 4.18 Å². The van der Waals surface area contributed by atoms with Crippen molar-refractivity contribution in [2.24, 2.45) is 0 Å². The second-order valence-corrected chi connectivity index (χ2v) is 8.51. The molecule has 0 amide bonds. The van der Waals surface area contributed by atoms with Gasteiger partial charge < -0.3 is 4.18 Å². The maximum atomic E-state index is 13.8. The lowest BCUT2D eigenvalue weighted by Gasteiger charge is -2.29. The van der Waals surface area contributed by atoms with Crippen molar-refractivity contribution in [3.05, 3.63) is 23.5 Å². The lowest BCUT2D eigenvalue weighted by atomic mass is 9.99. The highest BCUT2D eigenvalue weighted by molar-refractivity contribution is 8.00. The monoisotopic (exact) mass is 358 g/mol. The van der Waals surface area contributed by atoms with E-state index in [1.807, 2.05) is 0 Å². The van der Waals surface area contributed by atoms with E-state index in [4.69, 9.17) is 0 Å². The molecule has 0 bridgehead atoms. The van der Waals surface area contributed by atoms with Crippen LogP contribution in [0, 0.1) is 5.82 Å². The van der Waals surface area contributed by atoms with E-state index in [1.165, 1.54) is 11.8 Å². The summed E-state index contributed by atoms with van der Waals surface area (Å²) >= 11 is 1.18. The molecule has 1 aromatic rings. The zero-order chi connectivity index (χ0) is 16.9. The third-order valence-corrected chi connectivity index (χ3v) is 5.01. The molecular weight excluding hydrogens is 348 g/mol. The number of ketones is 1. The zero-order valence-corrected chi connectivity index (χ0v) is 13.0. The van der Waals surface area contributed by atoms with Gasteiger partial charge in [-0.25, -0.2) is 4.39 Å². The van der Waals surface area contributed by atoms with Gasteiger partial charge in [-0.1, -0.05) is 0 Å². The van der Waals surface area contributed by atoms with Gasteiger partial charge in [0.25, 0.3) is 0 Å². The first kappa shape index (κ1) is 17.1. The van der Waals surface area contributed by atoms with Gasteiger partial charge in [-0.3, -0.25) is 4.79 Å². The van der Waals surface area contributed by atoms with E-state index >= 15 is 0 Å². The fourth-order valence-electron chi connectivity index (χ4n) is 1.88. The van der Waals surface area contributed by atoms with Crippen LogP contribution in [0.5, 0.6) is 5.75 Å². The van der Waals surface area contributed by atoms with E-state index in [2.05, 4.69) is 4.18 Å². The van der Waals surface area contributed by atoms with E-state index in [0.717, 1.165) is 6.07 Å². The molecule has 1 aromatic carbocycles. The highest BCUT2D eigenvalue weighted by Crippen LogP contribution is 2.44. The molecule has 10 heteroatoms. The highest BCUT2D eigenvalue weighted by atomic mass is 32.2. The number of hydrogen-bond donors (Lipinski definition) is 0. The topological polar surface area (TPSA) is 60.4 Å². The van der Waals surface area contributed by atoms with E-state index in [-0.39, 0.29) is 16.9 Å². The van der Waals surface area contributed by atoms with E-state index in [1.54, 1.807) is 13.8 Å². The van der Waals surface area contributed by atoms with Crippen molar-refractivity contribution in [1.29, 1.82) is 0 Å². The van der Waals surface area contributed by atoms with Crippen LogP contribution in [-0.4, -0.2) is 24.5 Å². The molecule has 0 fully saturated rings. The molecule has 0 aliphatic carbocycles. The summed E-state index contributed by atoms with van der Waals surface area (Å²) in [5.74, 6) is -2.86. The summed E-state index contributed by atoms with van der Waals surface area (Å²) in [4.78, 5) is 12.2. The number of alkyl halides is 3. The third-order valence-electron chi connectivity index (χ3n) is 2.79. The third kappa shape index (κ3) is 3.22. The van der Waals surface area contributed by atoms with Gasteiger partial charge in [0.1, 0.15) is 0 Å². The van der Waals surface area contributed by atoms with Crippen molar-refractivity contribution in [1.82, 2.24) is 0 Å². The Morgan fingerprint density at radius 2 is 1.86 bits per heavy atom. The normalized spacial score (nSPS) is 18.0. The number of benzene rings is 1. The van der Waals surface area contributed by atoms with Crippen LogP contribution in [0.2, 0.25) is 0 Å². The Bertz CT molecular complexity index is 738. The van der Waals surface area contributed by atoms with Crippen molar-refractivity contribution in [3.63, 3.8) is 0 Å². The van der Waals surface area contributed by atoms with Crippen LogP contribution in [0.4, 0.5) is 17.6 Å². The lowest BCUT2D eigenvalue weighted by molar-refractivity contribution is -0.0500. The van der Waals surface area contributed by atoms with Crippen molar-refractivity contribution < 1.29 is 35.0 Å². The molecule has 0 spiro atoms. The molecule has 0 saturated heterocycles. The Morgan fingerprint density at radius 3 is 2.41 bits per heavy atom. The van der Waals surface area contributed by atoms with Gasteiger partial charge in [0.2, 0.25) is 0 Å². The molecule has 2 rings (SSSR count). The quantitative estimate of drug-likeness (QED) is 0.460. The number of rotatable bonds is 2. The van der Waals surface area contributed by atoms with Gasteiger partial charge in [-0.2, -0.15) is 21.6 Å². The average Bonchev–Trinajstić information content (AvgIpc) is 2.28. The van der Waals surface area contributed by atoms with Gasteiger partial charge in [-0.05, 0) is 26.0 Å². The van der Waals surface area contributed by atoms with Gasteiger partial charge in [0.15, 0.2) is 17.3 Å². The number of carbonyl (C=O) groups excluding carboxylic acids is 1. The average molecular weight is 358 g/mol. The largest absolute Gasteiger partial charge is 0.534 e. The Morgan fingerprint density at radius 1 is 1.27 bits per heavy atom. The highest BCUT2D eigenvalue weighted by Gasteiger charge is 2.49. The van der Waals surface area contributed by atoms with Crippen LogP contribution >= 0.6 is 11.8 Å². The first-order valence-corrected chi connectivity index (χ1v) is 8.11. The van der Waals surface area contributed by atoms with Crippen LogP contribution in [0.15, 0.2) is 17.0 Å². The molecule has 1 aliphatic rings. The maximum Gasteiger partial charge on any atom is 0.534 e. The fourth-order valence-corrected chi connectivity index (χ4v) is 3.58. The van der Waals surface area contributed by atoms with Crippen LogP contribution in [0.25, 0.3) is 0 Å². The minimum Gasteiger partial charge on any atom is -0.373 e. The van der Waals surface area contributed by atoms with Crippen LogP contribution in [-0.2, 0) is 10.1 Å². The summed E-state index contributed by atoms with van der Waals surface area (Å²) in [6.45, 7) is 3.52. The minimum atomic E-state index is -6.00. The summed E-state index contributed by atoms with van der Waals surface area (Å²) < 4.78 is 75.7. The molecule has 0 N–H and O–H groups in total. The summed E-state index contributed by atoms with van der Waals surface area (Å²) in [6, 6.07) is 1.50. The van der Waals surface area contributed by atoms with Crippen molar-refractivity contribution >= 4 is 27.7 Å². The number of Topliss-reactive ketones (excluding diaryl/α,β-unsaturated/α-hetero) is 1. The Hall–Kier alpha value is -1.29. The van der Waals surface area contributed by atoms with Gasteiger partial charge >= 0.3 is 15.6 Å². The second-order valence-electron chi connectivity index (χ2n) is 5.22. The van der Waals surface area contributed by atoms with E-state index in [0.29, 0.717) is 6.07 Å². The summed E-state index contributed by atoms with van der Waals surface area (Å²) in [7, 11) is -6.00. The van der Waals surface area contributed by atoms with E-state index in [9.17, 15) is 30.8 Å². The Labute approximate surface area is 128 Å². The number of halogens is 4. The predicted octanol–water partition coefficient (Wildman–Crippen LogP) is 3.51. The van der Waals surface area contributed by atoms with Gasteiger partial charge in [0, 0.05) is 21.6 Å². The van der Waals surface area contributed by atoms with Crippen molar-refractivity contribution in [2.75, 3.05) is 0 Å². The fraction of sp³-hybridized carbons (Fsp3) is 0.417. The van der Waals surface area contributed by atoms with Crippen molar-refractivity contribution in [3.8, 4) is 5.75 Å². The minimum absolute atomic E-state index is 0.0573. The first-order valence-electron chi connectivity index (χ1n) is 5.89. The molecule has 0 radical (unpaired) electrons. The van der Waals surface area contributed by atoms with Gasteiger partial charge in [0.05, 0.1) is 0 Å². The number of carbonyl (C=O) groups is 1. The van der Waals surface area contributed by atoms with Crippen LogP contribution in [0.1, 0.15) is 30.6 Å². The first-order chi connectivity index (χ1) is 9.82. The smallest absolute Gasteiger partial charge is 0.373 e. The summed E-state index contributed by atoms with van der Waals surface area (Å²) in [5.41, 5.74) is -5.74. The Balaban J connectivity index is 2.46. The molecule has 0 saturated carbocycles. The molecule has 1 aliphatic heterocycles. The van der Waals surface area contributed by atoms with Gasteiger partial charge in [-0.15, -0.1) is 11.8 Å². The van der Waals surface area contributed by atoms with Crippen LogP contribution in [0.3, 0.4) is 0 Å². The lowest BCUT2D eigenvalue weighted by Crippen LogP contribution is -2.29. The second kappa shape index (κ2) is 5.12. The SMILES string of the molecule is CC1(C)CC(=O)c2cc(OS(=O)(=O)C(F)(F)F)c(F)cc2S1. The molecule has 0 atom stereocenters. The summed E-state index contributed by atoms with van der Waals surface area (Å²) in [5, 5.41) is 0. The number of fused-ring (bicyclic) bond motifs is 1. The standard InChI is InChI=1S/C12H10F4O4S2/c1-11(2)5-8(17)6-3-9(7(13)4-10(6)21-11)20-22(18,19)12(14,15)16/h3-4H,5H2,1-2H3. The van der Waals surface area contributed by atoms with Crippen molar-refractivity contribution in [2.45, 2.75) is 35.4 Å². The predicted molar refractivity (Wildman–Crippen MR) is 70.9 cm³/mol. The molecule has 0 unspecified atom stereocenters. The Kier molecular flexibility index (Phi) is 3.97. The molecule has 1 heterocycles. The van der Waals surface area contributed by atoms with E-state index < -0.39 is 37.7 Å². The molecular formula is C12H10F4O4S2. The molecule has 22 heavy (non-hydrogen) atoms. The summed E-state index contributed by atoms with van der Waals surface area (Å²) in [6.07, 6.45) is 0.0851. The molecule has 0 aromatic heterocycles. The molecule has 4 nitrogen and oxygen atoms in total. The zero-order valence-electron chi connectivity index (χ0n) is 11.3.